The summed E-state index contributed by atoms with van der Waals surface area (Å²) in [5, 5.41) is 5.73. The zero-order chi connectivity index (χ0) is 18.7. The van der Waals surface area contributed by atoms with Crippen LogP contribution in [0.3, 0.4) is 0 Å². The van der Waals surface area contributed by atoms with Gasteiger partial charge in [-0.25, -0.2) is 9.18 Å². The molecule has 2 atom stereocenters. The molecule has 0 bridgehead atoms. The van der Waals surface area contributed by atoms with Gasteiger partial charge in [0.05, 0.1) is 19.7 Å². The van der Waals surface area contributed by atoms with Crippen LogP contribution in [-0.4, -0.2) is 31.8 Å². The molecule has 2 amide bonds. The molecule has 0 aliphatic carbocycles. The molecule has 6 nitrogen and oxygen atoms in total. The SMILES string of the molecule is COc1cc(Cl)ccc1[C@@H](NC(=O)[C@@H]1CNC(=O)O1)c1ccc(F)cc1. The number of cyclic esters (lactones) is 1. The second-order valence-corrected chi connectivity index (χ2v) is 6.09. The van der Waals surface area contributed by atoms with Crippen LogP contribution in [-0.2, 0) is 9.53 Å². The first kappa shape index (κ1) is 18.0. The van der Waals surface area contributed by atoms with E-state index >= 15 is 0 Å². The topological polar surface area (TPSA) is 76.7 Å². The summed E-state index contributed by atoms with van der Waals surface area (Å²) in [5.41, 5.74) is 1.27. The Morgan fingerprint density at radius 1 is 1.35 bits per heavy atom. The van der Waals surface area contributed by atoms with E-state index in [4.69, 9.17) is 21.1 Å². The van der Waals surface area contributed by atoms with E-state index in [9.17, 15) is 14.0 Å². The highest BCUT2D eigenvalue weighted by atomic mass is 35.5. The lowest BCUT2D eigenvalue weighted by Gasteiger charge is -2.23. The fourth-order valence-electron chi connectivity index (χ4n) is 2.69. The molecule has 3 rings (SSSR count). The van der Waals surface area contributed by atoms with Crippen molar-refractivity contribution >= 4 is 23.6 Å². The normalized spacial score (nSPS) is 17.2. The highest BCUT2D eigenvalue weighted by molar-refractivity contribution is 6.30. The molecule has 0 aromatic heterocycles. The largest absolute Gasteiger partial charge is 0.496 e. The summed E-state index contributed by atoms with van der Waals surface area (Å²) < 4.78 is 23.6. The number of methoxy groups -OCH3 is 1. The first-order valence-corrected chi connectivity index (χ1v) is 8.19. The number of benzene rings is 2. The van der Waals surface area contributed by atoms with Gasteiger partial charge in [-0.1, -0.05) is 29.8 Å². The van der Waals surface area contributed by atoms with Gasteiger partial charge in [0.1, 0.15) is 11.6 Å². The zero-order valence-corrected chi connectivity index (χ0v) is 14.5. The van der Waals surface area contributed by atoms with Gasteiger partial charge in [-0.2, -0.15) is 0 Å². The standard InChI is InChI=1S/C18H16ClFN2O4/c1-25-14-8-11(19)4-7-13(14)16(10-2-5-12(20)6-3-10)22-17(23)15-9-21-18(24)26-15/h2-8,15-16H,9H2,1H3,(H,21,24)(H,22,23)/t15-,16-/m0/s1. The Morgan fingerprint density at radius 2 is 2.08 bits per heavy atom. The Kier molecular flexibility index (Phi) is 5.27. The van der Waals surface area contributed by atoms with Crippen LogP contribution >= 0.6 is 11.6 Å². The minimum Gasteiger partial charge on any atom is -0.496 e. The van der Waals surface area contributed by atoms with E-state index in [1.165, 1.54) is 19.2 Å². The molecule has 8 heteroatoms. The number of amides is 2. The Morgan fingerprint density at radius 3 is 2.69 bits per heavy atom. The van der Waals surface area contributed by atoms with E-state index in [1.807, 2.05) is 0 Å². The summed E-state index contributed by atoms with van der Waals surface area (Å²) in [5.74, 6) is -0.404. The van der Waals surface area contributed by atoms with Crippen molar-refractivity contribution in [1.82, 2.24) is 10.6 Å². The van der Waals surface area contributed by atoms with Crippen LogP contribution in [0.5, 0.6) is 5.75 Å². The number of ether oxygens (including phenoxy) is 2. The van der Waals surface area contributed by atoms with Gasteiger partial charge >= 0.3 is 6.09 Å². The molecule has 1 aliphatic rings. The number of hydrogen-bond donors (Lipinski definition) is 2. The second kappa shape index (κ2) is 7.61. The van der Waals surface area contributed by atoms with Crippen LogP contribution in [0, 0.1) is 5.82 Å². The van der Waals surface area contributed by atoms with E-state index in [2.05, 4.69) is 10.6 Å². The molecule has 0 unspecified atom stereocenters. The van der Waals surface area contributed by atoms with Crippen molar-refractivity contribution in [3.8, 4) is 5.75 Å². The number of rotatable bonds is 5. The van der Waals surface area contributed by atoms with Crippen molar-refractivity contribution in [3.63, 3.8) is 0 Å². The second-order valence-electron chi connectivity index (χ2n) is 5.65. The molecule has 2 aromatic carbocycles. The van der Waals surface area contributed by atoms with E-state index in [-0.39, 0.29) is 6.54 Å². The first-order chi connectivity index (χ1) is 12.5. The lowest BCUT2D eigenvalue weighted by molar-refractivity contribution is -0.128. The first-order valence-electron chi connectivity index (χ1n) is 7.81. The third-order valence-corrected chi connectivity index (χ3v) is 4.21. The minimum atomic E-state index is -0.941. The van der Waals surface area contributed by atoms with Crippen molar-refractivity contribution in [2.24, 2.45) is 0 Å². The highest BCUT2D eigenvalue weighted by Gasteiger charge is 2.32. The van der Waals surface area contributed by atoms with Gasteiger partial charge in [0.25, 0.3) is 5.91 Å². The molecular weight excluding hydrogens is 363 g/mol. The Bertz CT molecular complexity index is 828. The third kappa shape index (κ3) is 3.88. The summed E-state index contributed by atoms with van der Waals surface area (Å²) in [7, 11) is 1.49. The van der Waals surface area contributed by atoms with Gasteiger partial charge in [-0.15, -0.1) is 0 Å². The number of carbonyl (C=O) groups excluding carboxylic acids is 2. The molecule has 0 radical (unpaired) electrons. The Balaban J connectivity index is 1.95. The summed E-state index contributed by atoms with van der Waals surface area (Å²) in [4.78, 5) is 23.7. The lowest BCUT2D eigenvalue weighted by atomic mass is 9.97. The van der Waals surface area contributed by atoms with Gasteiger partial charge in [0.15, 0.2) is 6.10 Å². The predicted molar refractivity (Wildman–Crippen MR) is 92.7 cm³/mol. The summed E-state index contributed by atoms with van der Waals surface area (Å²) in [6, 6.07) is 10.1. The average Bonchev–Trinajstić information content (AvgIpc) is 3.07. The monoisotopic (exact) mass is 378 g/mol. The molecule has 1 heterocycles. The van der Waals surface area contributed by atoms with Crippen molar-refractivity contribution in [3.05, 3.63) is 64.4 Å². The molecular formula is C18H16ClFN2O4. The maximum atomic E-state index is 13.3. The lowest BCUT2D eigenvalue weighted by Crippen LogP contribution is -2.39. The molecule has 1 fully saturated rings. The Labute approximate surface area is 154 Å². The number of nitrogens with one attached hydrogen (secondary N) is 2. The molecule has 1 saturated heterocycles. The van der Waals surface area contributed by atoms with Crippen LogP contribution in [0.1, 0.15) is 17.2 Å². The third-order valence-electron chi connectivity index (χ3n) is 3.97. The fourth-order valence-corrected chi connectivity index (χ4v) is 2.85. The van der Waals surface area contributed by atoms with Gasteiger partial charge in [0.2, 0.25) is 0 Å². The molecule has 0 saturated carbocycles. The van der Waals surface area contributed by atoms with Crippen molar-refractivity contribution in [2.45, 2.75) is 12.1 Å². The quantitative estimate of drug-likeness (QED) is 0.838. The van der Waals surface area contributed by atoms with Gasteiger partial charge < -0.3 is 20.1 Å². The van der Waals surface area contributed by atoms with Crippen LogP contribution < -0.4 is 15.4 Å². The Hall–Kier alpha value is -2.80. The van der Waals surface area contributed by atoms with E-state index < -0.39 is 30.0 Å². The maximum absolute atomic E-state index is 13.3. The van der Waals surface area contributed by atoms with Crippen LogP contribution in [0.4, 0.5) is 9.18 Å². The van der Waals surface area contributed by atoms with Gasteiger partial charge in [-0.05, 0) is 29.8 Å². The van der Waals surface area contributed by atoms with Crippen molar-refractivity contribution < 1.29 is 23.5 Å². The molecule has 2 aromatic rings. The van der Waals surface area contributed by atoms with E-state index in [0.717, 1.165) is 0 Å². The predicted octanol–water partition coefficient (Wildman–Crippen LogP) is 2.80. The zero-order valence-electron chi connectivity index (χ0n) is 13.8. The average molecular weight is 379 g/mol. The summed E-state index contributed by atoms with van der Waals surface area (Å²) >= 11 is 6.01. The number of alkyl carbamates (subject to hydrolysis) is 1. The van der Waals surface area contributed by atoms with Crippen molar-refractivity contribution in [1.29, 1.82) is 0 Å². The van der Waals surface area contributed by atoms with Crippen LogP contribution in [0.15, 0.2) is 42.5 Å². The summed E-state index contributed by atoms with van der Waals surface area (Å²) in [6.07, 6.45) is -1.59. The fraction of sp³-hybridized carbons (Fsp3) is 0.222. The minimum absolute atomic E-state index is 0.0819. The molecule has 26 heavy (non-hydrogen) atoms. The van der Waals surface area contributed by atoms with Gasteiger partial charge in [0, 0.05) is 10.6 Å². The number of hydrogen-bond acceptors (Lipinski definition) is 4. The number of carbonyl (C=O) groups is 2. The maximum Gasteiger partial charge on any atom is 0.408 e. The van der Waals surface area contributed by atoms with Crippen LogP contribution in [0.2, 0.25) is 5.02 Å². The molecule has 1 aliphatic heterocycles. The highest BCUT2D eigenvalue weighted by Crippen LogP contribution is 2.32. The van der Waals surface area contributed by atoms with Crippen LogP contribution in [0.25, 0.3) is 0 Å². The number of halogens is 2. The smallest absolute Gasteiger partial charge is 0.408 e. The van der Waals surface area contributed by atoms with E-state index in [0.29, 0.717) is 21.9 Å². The molecule has 0 spiro atoms. The van der Waals surface area contributed by atoms with Gasteiger partial charge in [-0.3, -0.25) is 4.79 Å². The van der Waals surface area contributed by atoms with Crippen molar-refractivity contribution in [2.75, 3.05) is 13.7 Å². The molecule has 2 N–H and O–H groups in total. The summed E-state index contributed by atoms with van der Waals surface area (Å²) in [6.45, 7) is 0.0819. The molecule has 136 valence electrons. The van der Waals surface area contributed by atoms with E-state index in [1.54, 1.807) is 30.3 Å².